The van der Waals surface area contributed by atoms with Crippen LogP contribution in [0.1, 0.15) is 17.3 Å². The van der Waals surface area contributed by atoms with Gasteiger partial charge in [0.1, 0.15) is 11.8 Å². The summed E-state index contributed by atoms with van der Waals surface area (Å²) in [6.07, 6.45) is 0.928. The molecule has 2 aromatic carbocycles. The quantitative estimate of drug-likeness (QED) is 0.735. The van der Waals surface area contributed by atoms with E-state index in [2.05, 4.69) is 4.72 Å². The molecule has 0 saturated heterocycles. The van der Waals surface area contributed by atoms with Crippen LogP contribution in [0.15, 0.2) is 68.9 Å². The van der Waals surface area contributed by atoms with Crippen LogP contribution in [0.4, 0.5) is 5.69 Å². The Labute approximate surface area is 137 Å². The number of anilines is 1. The molecule has 0 atom stereocenters. The van der Waals surface area contributed by atoms with E-state index in [9.17, 15) is 18.0 Å². The Kier molecular flexibility index (Phi) is 3.94. The average Bonchev–Trinajstić information content (AvgIpc) is 2.55. The molecule has 0 radical (unpaired) electrons. The molecule has 0 aliphatic carbocycles. The minimum absolute atomic E-state index is 0.125. The van der Waals surface area contributed by atoms with Gasteiger partial charge in [-0.3, -0.25) is 14.3 Å². The Bertz CT molecular complexity index is 1080. The first kappa shape index (κ1) is 15.9. The Balaban J connectivity index is 2.00. The summed E-state index contributed by atoms with van der Waals surface area (Å²) in [5, 5.41) is 0.187. The highest BCUT2D eigenvalue weighted by molar-refractivity contribution is 7.92. The van der Waals surface area contributed by atoms with Crippen LogP contribution < -0.4 is 10.2 Å². The second-order valence-electron chi connectivity index (χ2n) is 5.16. The topological polar surface area (TPSA) is 93.4 Å². The number of para-hydroxylation sites is 1. The van der Waals surface area contributed by atoms with Crippen LogP contribution in [0.25, 0.3) is 11.0 Å². The smallest absolute Gasteiger partial charge is 0.268 e. The van der Waals surface area contributed by atoms with Crippen molar-refractivity contribution >= 4 is 32.5 Å². The fourth-order valence-electron chi connectivity index (χ4n) is 2.23. The minimum atomic E-state index is -4.11. The van der Waals surface area contributed by atoms with E-state index >= 15 is 0 Å². The van der Waals surface area contributed by atoms with Crippen LogP contribution in [0.5, 0.6) is 0 Å². The Morgan fingerprint density at radius 3 is 2.38 bits per heavy atom. The zero-order valence-corrected chi connectivity index (χ0v) is 13.5. The number of carbonyl (C=O) groups excluding carboxylic acids is 1. The molecule has 6 nitrogen and oxygen atoms in total. The van der Waals surface area contributed by atoms with Crippen LogP contribution in [-0.2, 0) is 10.0 Å². The lowest BCUT2D eigenvalue weighted by Gasteiger charge is -2.08. The molecule has 0 fully saturated rings. The molecule has 7 heteroatoms. The summed E-state index contributed by atoms with van der Waals surface area (Å²) >= 11 is 0. The number of benzene rings is 2. The number of rotatable bonds is 4. The van der Waals surface area contributed by atoms with Crippen LogP contribution in [0.3, 0.4) is 0 Å². The second-order valence-corrected chi connectivity index (χ2v) is 6.82. The Morgan fingerprint density at radius 1 is 1.04 bits per heavy atom. The minimum Gasteiger partial charge on any atom is -0.463 e. The van der Waals surface area contributed by atoms with Crippen molar-refractivity contribution in [2.75, 3.05) is 4.72 Å². The Hall–Kier alpha value is -2.93. The lowest BCUT2D eigenvalue weighted by molar-refractivity contribution is 0.101. The summed E-state index contributed by atoms with van der Waals surface area (Å²) in [7, 11) is -4.11. The van der Waals surface area contributed by atoms with Crippen molar-refractivity contribution in [3.05, 3.63) is 70.6 Å². The van der Waals surface area contributed by atoms with Crippen molar-refractivity contribution in [1.29, 1.82) is 0 Å². The summed E-state index contributed by atoms with van der Waals surface area (Å²) in [4.78, 5) is 23.1. The molecule has 122 valence electrons. The maximum absolute atomic E-state index is 12.4. The lowest BCUT2D eigenvalue weighted by Crippen LogP contribution is -2.21. The molecular formula is C17H13NO5S. The molecule has 3 rings (SSSR count). The number of carbonyl (C=O) groups is 1. The molecule has 0 aliphatic heterocycles. The number of hydrogen-bond acceptors (Lipinski definition) is 5. The predicted octanol–water partition coefficient (Wildman–Crippen LogP) is 2.80. The third-order valence-corrected chi connectivity index (χ3v) is 4.85. The van der Waals surface area contributed by atoms with Gasteiger partial charge in [-0.15, -0.1) is 0 Å². The van der Waals surface area contributed by atoms with Gasteiger partial charge in [0, 0.05) is 11.3 Å². The number of hydrogen-bond donors (Lipinski definition) is 1. The maximum atomic E-state index is 12.4. The van der Waals surface area contributed by atoms with Gasteiger partial charge in [-0.05, 0) is 43.3 Å². The average molecular weight is 343 g/mol. The van der Waals surface area contributed by atoms with Crippen molar-refractivity contribution < 1.29 is 17.6 Å². The van der Waals surface area contributed by atoms with Gasteiger partial charge in [-0.2, -0.15) is 0 Å². The highest BCUT2D eigenvalue weighted by Crippen LogP contribution is 2.17. The van der Waals surface area contributed by atoms with E-state index in [1.807, 2.05) is 0 Å². The third-order valence-electron chi connectivity index (χ3n) is 3.48. The van der Waals surface area contributed by atoms with E-state index in [-0.39, 0.29) is 16.9 Å². The molecule has 0 amide bonds. The Morgan fingerprint density at radius 2 is 1.71 bits per heavy atom. The molecule has 1 aromatic heterocycles. The number of nitrogens with one attached hydrogen (secondary N) is 1. The fourth-order valence-corrected chi connectivity index (χ4v) is 3.31. The van der Waals surface area contributed by atoms with Gasteiger partial charge in [-0.1, -0.05) is 12.1 Å². The fraction of sp³-hybridized carbons (Fsp3) is 0.0588. The molecule has 1 heterocycles. The van der Waals surface area contributed by atoms with Gasteiger partial charge in [-0.25, -0.2) is 8.42 Å². The molecule has 3 aromatic rings. The first-order valence-corrected chi connectivity index (χ1v) is 8.51. The van der Waals surface area contributed by atoms with Crippen LogP contribution in [0.2, 0.25) is 0 Å². The molecule has 24 heavy (non-hydrogen) atoms. The van der Waals surface area contributed by atoms with Gasteiger partial charge in [0.15, 0.2) is 10.7 Å². The zero-order chi connectivity index (χ0) is 17.3. The molecule has 0 bridgehead atoms. The summed E-state index contributed by atoms with van der Waals surface area (Å²) < 4.78 is 32.4. The van der Waals surface area contributed by atoms with Gasteiger partial charge < -0.3 is 4.42 Å². The van der Waals surface area contributed by atoms with Crippen LogP contribution in [0, 0.1) is 0 Å². The SMILES string of the molecule is CC(=O)c1ccc(NS(=O)(=O)c2coc3ccccc3c2=O)cc1. The van der Waals surface area contributed by atoms with Crippen molar-refractivity contribution in [3.8, 4) is 0 Å². The first-order chi connectivity index (χ1) is 11.4. The summed E-state index contributed by atoms with van der Waals surface area (Å²) in [6.45, 7) is 1.42. The largest absolute Gasteiger partial charge is 0.463 e. The molecule has 0 spiro atoms. The number of fused-ring (bicyclic) bond motifs is 1. The molecule has 0 saturated carbocycles. The van der Waals surface area contributed by atoms with Gasteiger partial charge >= 0.3 is 0 Å². The van der Waals surface area contributed by atoms with Crippen molar-refractivity contribution in [2.24, 2.45) is 0 Å². The monoisotopic (exact) mass is 343 g/mol. The van der Waals surface area contributed by atoms with E-state index in [1.54, 1.807) is 18.2 Å². The van der Waals surface area contributed by atoms with Gasteiger partial charge in [0.2, 0.25) is 5.43 Å². The standard InChI is InChI=1S/C17H13NO5S/c1-11(19)12-6-8-13(9-7-12)18-24(21,22)16-10-23-15-5-3-2-4-14(15)17(16)20/h2-10,18H,1H3. The van der Waals surface area contributed by atoms with Gasteiger partial charge in [0.05, 0.1) is 5.39 Å². The number of Topliss-reactive ketones (excluding diaryl/α,β-unsaturated/α-hetero) is 1. The lowest BCUT2D eigenvalue weighted by atomic mass is 10.1. The predicted molar refractivity (Wildman–Crippen MR) is 89.7 cm³/mol. The molecule has 1 N–H and O–H groups in total. The van der Waals surface area contributed by atoms with Crippen molar-refractivity contribution in [1.82, 2.24) is 0 Å². The van der Waals surface area contributed by atoms with Crippen molar-refractivity contribution in [3.63, 3.8) is 0 Å². The highest BCUT2D eigenvalue weighted by atomic mass is 32.2. The summed E-state index contributed by atoms with van der Waals surface area (Å²) in [5.41, 5.74) is 0.382. The third kappa shape index (κ3) is 2.93. The van der Waals surface area contributed by atoms with Crippen molar-refractivity contribution in [2.45, 2.75) is 11.8 Å². The number of sulfonamides is 1. The maximum Gasteiger partial charge on any atom is 0.268 e. The highest BCUT2D eigenvalue weighted by Gasteiger charge is 2.21. The van der Waals surface area contributed by atoms with E-state index in [4.69, 9.17) is 4.42 Å². The van der Waals surface area contributed by atoms with E-state index in [0.717, 1.165) is 6.26 Å². The second kappa shape index (κ2) is 5.93. The normalized spacial score (nSPS) is 11.4. The zero-order valence-electron chi connectivity index (χ0n) is 12.6. The van der Waals surface area contributed by atoms with Crippen LogP contribution >= 0.6 is 0 Å². The van der Waals surface area contributed by atoms with E-state index in [0.29, 0.717) is 11.1 Å². The van der Waals surface area contributed by atoms with E-state index < -0.39 is 20.3 Å². The van der Waals surface area contributed by atoms with Crippen LogP contribution in [-0.4, -0.2) is 14.2 Å². The number of ketones is 1. The van der Waals surface area contributed by atoms with E-state index in [1.165, 1.54) is 37.3 Å². The molecule has 0 unspecified atom stereocenters. The summed E-state index contributed by atoms with van der Waals surface area (Å²) in [6, 6.07) is 12.3. The summed E-state index contributed by atoms with van der Waals surface area (Å²) in [5.74, 6) is -0.125. The molecule has 0 aliphatic rings. The van der Waals surface area contributed by atoms with Gasteiger partial charge in [0.25, 0.3) is 10.0 Å². The molecular weight excluding hydrogens is 330 g/mol. The first-order valence-electron chi connectivity index (χ1n) is 7.03.